The summed E-state index contributed by atoms with van der Waals surface area (Å²) in [6.45, 7) is 34.7. The van der Waals surface area contributed by atoms with Crippen LogP contribution in [0.4, 0.5) is 0 Å². The van der Waals surface area contributed by atoms with E-state index in [0.29, 0.717) is 0 Å². The first-order chi connectivity index (χ1) is 10.5. The highest BCUT2D eigenvalue weighted by Gasteiger charge is 2.03. The maximum atomic E-state index is 3.36. The van der Waals surface area contributed by atoms with Crippen LogP contribution in [0.2, 0.25) is 0 Å². The second-order valence-electron chi connectivity index (χ2n) is 4.13. The molecule has 0 aliphatic rings. The standard InChI is InChI=1S/C8H18.C3H8.C3H6.4C2H6/c1-5-6-8(4)7(2)3;2*1-3-2;4*1-2/h7-8H,5-6H2,1-4H3;3H2,1-2H3;3H,1H2,2H3;4*1-2H3. The highest BCUT2D eigenvalue weighted by atomic mass is 14.1. The third-order valence-electron chi connectivity index (χ3n) is 1.88. The Labute approximate surface area is 148 Å². The molecule has 0 fully saturated rings. The molecule has 0 spiro atoms. The van der Waals surface area contributed by atoms with Gasteiger partial charge in [-0.3, -0.25) is 0 Å². The van der Waals surface area contributed by atoms with Crippen LogP contribution in [0, 0.1) is 11.8 Å². The third-order valence-corrected chi connectivity index (χ3v) is 1.88. The van der Waals surface area contributed by atoms with Crippen molar-refractivity contribution >= 4 is 0 Å². The van der Waals surface area contributed by atoms with Crippen LogP contribution in [0.25, 0.3) is 0 Å². The van der Waals surface area contributed by atoms with E-state index in [1.165, 1.54) is 19.3 Å². The SMILES string of the molecule is C=CC.CC.CC.CC.CC.CCC.CCCC(C)C(C)C. The molecule has 0 bridgehead atoms. The van der Waals surface area contributed by atoms with Crippen LogP contribution in [0.1, 0.15) is 123 Å². The van der Waals surface area contributed by atoms with E-state index in [4.69, 9.17) is 0 Å². The van der Waals surface area contributed by atoms with Crippen molar-refractivity contribution in [1.82, 2.24) is 0 Å². The van der Waals surface area contributed by atoms with E-state index in [1.807, 2.05) is 62.3 Å². The molecule has 0 saturated carbocycles. The van der Waals surface area contributed by atoms with Gasteiger partial charge in [0.05, 0.1) is 0 Å². The number of hydrogen-bond acceptors (Lipinski definition) is 0. The van der Waals surface area contributed by atoms with Crippen LogP contribution >= 0.6 is 0 Å². The van der Waals surface area contributed by atoms with E-state index in [9.17, 15) is 0 Å². The van der Waals surface area contributed by atoms with E-state index in [0.717, 1.165) is 11.8 Å². The average molecular weight is 321 g/mol. The quantitative estimate of drug-likeness (QED) is 0.454. The molecule has 0 heterocycles. The lowest BCUT2D eigenvalue weighted by Crippen LogP contribution is -2.02. The number of rotatable bonds is 3. The van der Waals surface area contributed by atoms with Crippen LogP contribution in [-0.4, -0.2) is 0 Å². The summed E-state index contributed by atoms with van der Waals surface area (Å²) in [5, 5.41) is 0. The zero-order valence-corrected chi connectivity index (χ0v) is 19.6. The van der Waals surface area contributed by atoms with Gasteiger partial charge in [-0.2, -0.15) is 0 Å². The van der Waals surface area contributed by atoms with Crippen LogP contribution in [0.5, 0.6) is 0 Å². The summed E-state index contributed by atoms with van der Waals surface area (Å²) in [5.41, 5.74) is 0. The molecular formula is C22H56. The molecule has 0 N–H and O–H groups in total. The minimum atomic E-state index is 0.870. The van der Waals surface area contributed by atoms with Crippen LogP contribution < -0.4 is 0 Å². The fourth-order valence-corrected chi connectivity index (χ4v) is 0.789. The summed E-state index contributed by atoms with van der Waals surface area (Å²) in [7, 11) is 0. The first-order valence-electron chi connectivity index (χ1n) is 10.1. The predicted octanol–water partition coefficient (Wildman–Crippen LogP) is 9.79. The highest BCUT2D eigenvalue weighted by molar-refractivity contribution is 4.54. The maximum Gasteiger partial charge on any atom is -0.0420 e. The van der Waals surface area contributed by atoms with Gasteiger partial charge >= 0.3 is 0 Å². The van der Waals surface area contributed by atoms with E-state index in [2.05, 4.69) is 48.1 Å². The Morgan fingerprint density at radius 2 is 0.909 bits per heavy atom. The minimum absolute atomic E-state index is 0.870. The van der Waals surface area contributed by atoms with Crippen LogP contribution in [-0.2, 0) is 0 Å². The van der Waals surface area contributed by atoms with Crippen molar-refractivity contribution in [2.24, 2.45) is 11.8 Å². The molecule has 0 nitrogen and oxygen atoms in total. The number of allylic oxidation sites excluding steroid dienone is 1. The van der Waals surface area contributed by atoms with Crippen molar-refractivity contribution in [1.29, 1.82) is 0 Å². The molecule has 0 radical (unpaired) electrons. The molecule has 0 saturated heterocycles. The first-order valence-corrected chi connectivity index (χ1v) is 10.1. The van der Waals surface area contributed by atoms with Gasteiger partial charge in [0.25, 0.3) is 0 Å². The smallest absolute Gasteiger partial charge is 0.0420 e. The van der Waals surface area contributed by atoms with Gasteiger partial charge in [-0.1, -0.05) is 122 Å². The molecule has 0 amide bonds. The second-order valence-corrected chi connectivity index (χ2v) is 4.13. The van der Waals surface area contributed by atoms with E-state index in [1.54, 1.807) is 6.08 Å². The fraction of sp³-hybridized carbons (Fsp3) is 0.909. The lowest BCUT2D eigenvalue weighted by atomic mass is 9.94. The summed E-state index contributed by atoms with van der Waals surface area (Å²) in [4.78, 5) is 0. The topological polar surface area (TPSA) is 0 Å². The molecule has 0 aromatic rings. The van der Waals surface area contributed by atoms with Gasteiger partial charge in [-0.25, -0.2) is 0 Å². The van der Waals surface area contributed by atoms with Crippen molar-refractivity contribution in [3.05, 3.63) is 12.7 Å². The molecule has 22 heavy (non-hydrogen) atoms. The molecule has 0 aliphatic carbocycles. The Bertz CT molecular complexity index is 82.0. The van der Waals surface area contributed by atoms with Crippen molar-refractivity contribution in [2.45, 2.75) is 123 Å². The summed E-state index contributed by atoms with van der Waals surface area (Å²) < 4.78 is 0. The summed E-state index contributed by atoms with van der Waals surface area (Å²) in [5.74, 6) is 1.79. The number of hydrogen-bond donors (Lipinski definition) is 0. The van der Waals surface area contributed by atoms with E-state index in [-0.39, 0.29) is 0 Å². The first kappa shape index (κ1) is 43.0. The van der Waals surface area contributed by atoms with Gasteiger partial charge in [0.15, 0.2) is 0 Å². The normalized spacial score (nSPS) is 7.82. The van der Waals surface area contributed by atoms with Crippen LogP contribution in [0.3, 0.4) is 0 Å². The summed E-state index contributed by atoms with van der Waals surface area (Å²) in [6, 6.07) is 0. The van der Waals surface area contributed by atoms with Gasteiger partial charge in [0.2, 0.25) is 0 Å². The van der Waals surface area contributed by atoms with Crippen molar-refractivity contribution in [3.8, 4) is 0 Å². The predicted molar refractivity (Wildman–Crippen MR) is 116 cm³/mol. The minimum Gasteiger partial charge on any atom is -0.103 e. The van der Waals surface area contributed by atoms with Crippen LogP contribution in [0.15, 0.2) is 12.7 Å². The molecule has 0 aromatic carbocycles. The third kappa shape index (κ3) is 153. The molecule has 1 atom stereocenters. The average Bonchev–Trinajstić information content (AvgIpc) is 2.57. The van der Waals surface area contributed by atoms with E-state index < -0.39 is 0 Å². The Hall–Kier alpha value is -0.260. The van der Waals surface area contributed by atoms with Crippen molar-refractivity contribution in [2.75, 3.05) is 0 Å². The van der Waals surface area contributed by atoms with Crippen molar-refractivity contribution in [3.63, 3.8) is 0 Å². The Kier molecular flexibility index (Phi) is 167. The zero-order valence-electron chi connectivity index (χ0n) is 19.6. The summed E-state index contributed by atoms with van der Waals surface area (Å²) in [6.07, 6.45) is 5.72. The van der Waals surface area contributed by atoms with Gasteiger partial charge in [0.1, 0.15) is 0 Å². The Morgan fingerprint density at radius 1 is 0.727 bits per heavy atom. The highest BCUT2D eigenvalue weighted by Crippen LogP contribution is 2.14. The molecule has 0 heteroatoms. The fourth-order valence-electron chi connectivity index (χ4n) is 0.789. The zero-order chi connectivity index (χ0) is 20.0. The van der Waals surface area contributed by atoms with Crippen molar-refractivity contribution < 1.29 is 0 Å². The largest absolute Gasteiger partial charge is 0.103 e. The maximum absolute atomic E-state index is 3.36. The lowest BCUT2D eigenvalue weighted by molar-refractivity contribution is 0.389. The second kappa shape index (κ2) is 85.2. The van der Waals surface area contributed by atoms with Gasteiger partial charge < -0.3 is 0 Å². The molecule has 0 aliphatic heterocycles. The monoisotopic (exact) mass is 320 g/mol. The Morgan fingerprint density at radius 3 is 0.955 bits per heavy atom. The summed E-state index contributed by atoms with van der Waals surface area (Å²) >= 11 is 0. The van der Waals surface area contributed by atoms with Gasteiger partial charge in [-0.05, 0) is 18.8 Å². The molecular weight excluding hydrogens is 264 g/mol. The molecule has 1 unspecified atom stereocenters. The Balaban J connectivity index is -0.0000000273. The molecule has 144 valence electrons. The molecule has 0 rings (SSSR count). The molecule has 0 aromatic heterocycles. The van der Waals surface area contributed by atoms with E-state index >= 15 is 0 Å². The van der Waals surface area contributed by atoms with Gasteiger partial charge in [-0.15, -0.1) is 6.58 Å². The lowest BCUT2D eigenvalue weighted by Gasteiger charge is -2.12. The van der Waals surface area contributed by atoms with Gasteiger partial charge in [0, 0.05) is 0 Å².